The third-order valence-electron chi connectivity index (χ3n) is 6.32. The number of alkyl halides is 1. The van der Waals surface area contributed by atoms with Crippen molar-refractivity contribution in [2.24, 2.45) is 11.8 Å². The number of hydrogen-bond donors (Lipinski definition) is 3. The van der Waals surface area contributed by atoms with Crippen molar-refractivity contribution in [2.75, 3.05) is 5.88 Å². The summed E-state index contributed by atoms with van der Waals surface area (Å²) in [4.78, 5) is 37.7. The number of carbonyl (C=O) groups excluding carboxylic acids is 3. The normalized spacial score (nSPS) is 43.6. The molecule has 0 aromatic rings. The van der Waals surface area contributed by atoms with Gasteiger partial charge in [-0.1, -0.05) is 13.0 Å². The van der Waals surface area contributed by atoms with E-state index in [0.717, 1.165) is 6.08 Å². The Morgan fingerprint density at radius 3 is 2.57 bits per heavy atom. The molecule has 3 aliphatic heterocycles. The van der Waals surface area contributed by atoms with Crippen molar-refractivity contribution in [1.82, 2.24) is 0 Å². The van der Waals surface area contributed by atoms with Crippen molar-refractivity contribution in [3.63, 3.8) is 0 Å². The molecule has 166 valence electrons. The summed E-state index contributed by atoms with van der Waals surface area (Å²) in [5.41, 5.74) is -4.05. The smallest absolute Gasteiger partial charge is 0.340 e. The number of halogens is 1. The Labute approximate surface area is 178 Å². The molecule has 0 saturated carbocycles. The summed E-state index contributed by atoms with van der Waals surface area (Å²) in [5, 5.41) is 33.1. The number of ether oxygens (including phenoxy) is 3. The van der Waals surface area contributed by atoms with Gasteiger partial charge in [0.05, 0.1) is 11.8 Å². The van der Waals surface area contributed by atoms with Crippen LogP contribution in [0.2, 0.25) is 0 Å². The van der Waals surface area contributed by atoms with Gasteiger partial charge in [0.25, 0.3) is 0 Å². The summed E-state index contributed by atoms with van der Waals surface area (Å²) in [6.45, 7) is 5.93. The van der Waals surface area contributed by atoms with Crippen LogP contribution in [0, 0.1) is 11.8 Å². The number of ketones is 1. The lowest BCUT2D eigenvalue weighted by atomic mass is 9.74. The van der Waals surface area contributed by atoms with Crippen LogP contribution in [-0.2, 0) is 28.6 Å². The Morgan fingerprint density at radius 2 is 2.00 bits per heavy atom. The summed E-state index contributed by atoms with van der Waals surface area (Å²) < 4.78 is 16.4. The highest BCUT2D eigenvalue weighted by molar-refractivity contribution is 6.20. The van der Waals surface area contributed by atoms with E-state index in [2.05, 4.69) is 0 Å². The summed E-state index contributed by atoms with van der Waals surface area (Å²) >= 11 is 5.89. The lowest BCUT2D eigenvalue weighted by Crippen LogP contribution is -2.61. The number of aliphatic hydroxyl groups is 3. The third-order valence-corrected chi connectivity index (χ3v) is 6.73. The van der Waals surface area contributed by atoms with E-state index in [1.54, 1.807) is 13.8 Å². The summed E-state index contributed by atoms with van der Waals surface area (Å²) in [6, 6.07) is 0. The molecular formula is C20H25ClO9. The number of hydrogen-bond acceptors (Lipinski definition) is 9. The molecule has 8 atom stereocenters. The van der Waals surface area contributed by atoms with E-state index in [9.17, 15) is 29.7 Å². The maximum Gasteiger partial charge on any atom is 0.340 e. The van der Waals surface area contributed by atoms with Crippen molar-refractivity contribution in [2.45, 2.75) is 63.3 Å². The molecule has 0 unspecified atom stereocenters. The second-order valence-electron chi connectivity index (χ2n) is 8.14. The zero-order chi connectivity index (χ0) is 22.6. The minimum Gasteiger partial charge on any atom is -0.480 e. The van der Waals surface area contributed by atoms with Gasteiger partial charge in [-0.05, 0) is 20.8 Å². The highest BCUT2D eigenvalue weighted by Crippen LogP contribution is 2.47. The van der Waals surface area contributed by atoms with Crippen LogP contribution in [0.25, 0.3) is 0 Å². The monoisotopic (exact) mass is 444 g/mol. The predicted molar refractivity (Wildman–Crippen MR) is 102 cm³/mol. The molecule has 3 heterocycles. The van der Waals surface area contributed by atoms with Gasteiger partial charge in [-0.25, -0.2) is 9.59 Å². The summed E-state index contributed by atoms with van der Waals surface area (Å²) in [7, 11) is 0. The Hall–Kier alpha value is -1.94. The second-order valence-corrected chi connectivity index (χ2v) is 8.41. The highest BCUT2D eigenvalue weighted by atomic mass is 35.5. The number of carbonyl (C=O) groups is 3. The Morgan fingerprint density at radius 1 is 1.37 bits per heavy atom. The van der Waals surface area contributed by atoms with Crippen LogP contribution in [0.5, 0.6) is 0 Å². The molecule has 0 amide bonds. The number of esters is 2. The quantitative estimate of drug-likeness (QED) is 0.311. The zero-order valence-corrected chi connectivity index (χ0v) is 17.8. The van der Waals surface area contributed by atoms with E-state index in [1.165, 1.54) is 19.9 Å². The first-order chi connectivity index (χ1) is 13.9. The molecule has 2 saturated heterocycles. The molecule has 0 aromatic carbocycles. The zero-order valence-electron chi connectivity index (χ0n) is 17.0. The Balaban J connectivity index is 2.19. The highest BCUT2D eigenvalue weighted by Gasteiger charge is 2.67. The maximum absolute atomic E-state index is 12.7. The van der Waals surface area contributed by atoms with E-state index in [1.807, 2.05) is 0 Å². The van der Waals surface area contributed by atoms with Crippen LogP contribution in [0.1, 0.15) is 27.7 Å². The predicted octanol–water partition coefficient (Wildman–Crippen LogP) is -0.0107. The summed E-state index contributed by atoms with van der Waals surface area (Å²) in [6.07, 6.45) is -3.65. The van der Waals surface area contributed by atoms with Crippen molar-refractivity contribution < 1.29 is 43.9 Å². The Kier molecular flexibility index (Phi) is 5.79. The molecule has 3 rings (SSSR count). The van der Waals surface area contributed by atoms with Gasteiger partial charge in [-0.2, -0.15) is 0 Å². The maximum atomic E-state index is 12.7. The van der Waals surface area contributed by atoms with Gasteiger partial charge in [-0.15, -0.1) is 11.6 Å². The molecule has 0 spiro atoms. The van der Waals surface area contributed by atoms with Gasteiger partial charge in [0.1, 0.15) is 30.2 Å². The SMILES string of the molecule is C/C=C(/C)C(=O)O[C@H]1[C@@H]2[C@H](OC(=O)[C@]2(O)CCl)[C@@H](O)[C@@H](C)C2=CC(=O)[C@@](C)(O2)[C@H]1O. The fraction of sp³-hybridized carbons (Fsp3) is 0.650. The molecule has 0 radical (unpaired) electrons. The molecule has 2 fully saturated rings. The van der Waals surface area contributed by atoms with Crippen LogP contribution in [0.3, 0.4) is 0 Å². The molecule has 2 bridgehead atoms. The third kappa shape index (κ3) is 3.15. The fourth-order valence-corrected chi connectivity index (χ4v) is 4.34. The van der Waals surface area contributed by atoms with Crippen molar-refractivity contribution in [3.8, 4) is 0 Å². The number of fused-ring (bicyclic) bond motifs is 3. The van der Waals surface area contributed by atoms with Crippen molar-refractivity contribution in [3.05, 3.63) is 23.5 Å². The van der Waals surface area contributed by atoms with E-state index in [0.29, 0.717) is 0 Å². The lowest BCUT2D eigenvalue weighted by molar-refractivity contribution is -0.187. The number of allylic oxidation sites excluding steroid dienone is 1. The molecule has 30 heavy (non-hydrogen) atoms. The van der Waals surface area contributed by atoms with Gasteiger partial charge in [0, 0.05) is 17.6 Å². The van der Waals surface area contributed by atoms with E-state index < -0.39 is 71.1 Å². The minimum atomic E-state index is -2.37. The van der Waals surface area contributed by atoms with Crippen LogP contribution >= 0.6 is 11.6 Å². The summed E-state index contributed by atoms with van der Waals surface area (Å²) in [5.74, 6) is -5.42. The van der Waals surface area contributed by atoms with Gasteiger partial charge >= 0.3 is 11.9 Å². The first kappa shape index (κ1) is 22.7. The van der Waals surface area contributed by atoms with Crippen molar-refractivity contribution in [1.29, 1.82) is 0 Å². The van der Waals surface area contributed by atoms with Crippen LogP contribution in [-0.4, -0.2) is 74.5 Å². The average Bonchev–Trinajstić information content (AvgIpc) is 3.18. The average molecular weight is 445 g/mol. The van der Waals surface area contributed by atoms with Crippen LogP contribution in [0.4, 0.5) is 0 Å². The molecule has 9 nitrogen and oxygen atoms in total. The first-order valence-corrected chi connectivity index (χ1v) is 10.1. The van der Waals surface area contributed by atoms with Gasteiger partial charge in [0.15, 0.2) is 11.2 Å². The molecule has 3 N–H and O–H groups in total. The van der Waals surface area contributed by atoms with E-state index in [-0.39, 0.29) is 11.3 Å². The fourth-order valence-electron chi connectivity index (χ4n) is 4.05. The molecular weight excluding hydrogens is 420 g/mol. The van der Waals surface area contributed by atoms with Crippen molar-refractivity contribution >= 4 is 29.3 Å². The Bertz CT molecular complexity index is 836. The molecule has 0 aromatic heterocycles. The second kappa shape index (κ2) is 7.64. The standard InChI is InChI=1S/C20H25ClO9/c1-5-8(2)17(25)28-15-12-14(29-18(26)20(12,27)7-21)13(23)9(3)10-6-11(22)19(4,30-10)16(15)24/h5-6,9,12-16,23-24,27H,7H2,1-4H3/b8-5-/t9-,12-,13-,14-,15-,16-,19+,20-/m0/s1. The van der Waals surface area contributed by atoms with E-state index >= 15 is 0 Å². The lowest BCUT2D eigenvalue weighted by Gasteiger charge is -2.39. The largest absolute Gasteiger partial charge is 0.480 e. The topological polar surface area (TPSA) is 140 Å². The molecule has 0 aliphatic carbocycles. The minimum absolute atomic E-state index is 0.0850. The van der Waals surface area contributed by atoms with E-state index in [4.69, 9.17) is 25.8 Å². The van der Waals surface area contributed by atoms with Crippen LogP contribution in [0.15, 0.2) is 23.5 Å². The van der Waals surface area contributed by atoms with Gasteiger partial charge in [0.2, 0.25) is 5.78 Å². The number of aliphatic hydroxyl groups excluding tert-OH is 2. The first-order valence-electron chi connectivity index (χ1n) is 9.56. The van der Waals surface area contributed by atoms with Gasteiger partial charge < -0.3 is 29.5 Å². The van der Waals surface area contributed by atoms with Crippen LogP contribution < -0.4 is 0 Å². The molecule has 10 heteroatoms. The number of rotatable bonds is 3. The molecule has 3 aliphatic rings. The van der Waals surface area contributed by atoms with Gasteiger partial charge in [-0.3, -0.25) is 4.79 Å².